The third-order valence-electron chi connectivity index (χ3n) is 5.25. The number of aromatic nitrogens is 2. The molecule has 0 bridgehead atoms. The predicted octanol–water partition coefficient (Wildman–Crippen LogP) is 2.70. The summed E-state index contributed by atoms with van der Waals surface area (Å²) in [6.45, 7) is 2.93. The average Bonchev–Trinajstić information content (AvgIpc) is 3.44. The maximum atomic E-state index is 13.0. The van der Waals surface area contributed by atoms with Crippen LogP contribution in [0.5, 0.6) is 0 Å². The quantitative estimate of drug-likeness (QED) is 0.628. The van der Waals surface area contributed by atoms with Crippen molar-refractivity contribution >= 4 is 15.9 Å². The molecule has 2 aromatic heterocycles. The molecule has 158 valence electrons. The second kappa shape index (κ2) is 8.45. The number of aromatic amines is 1. The van der Waals surface area contributed by atoms with Crippen LogP contribution in [0.15, 0.2) is 58.2 Å². The lowest BCUT2D eigenvalue weighted by Crippen LogP contribution is -2.45. The second-order valence-corrected chi connectivity index (χ2v) is 9.37. The third kappa shape index (κ3) is 4.31. The summed E-state index contributed by atoms with van der Waals surface area (Å²) in [5, 5.41) is 9.39. The van der Waals surface area contributed by atoms with E-state index in [-0.39, 0.29) is 23.5 Å². The number of nitrogens with one attached hydrogen (secondary N) is 2. The van der Waals surface area contributed by atoms with Gasteiger partial charge >= 0.3 is 0 Å². The van der Waals surface area contributed by atoms with Crippen molar-refractivity contribution in [3.8, 4) is 11.5 Å². The topological polar surface area (TPSA) is 108 Å². The summed E-state index contributed by atoms with van der Waals surface area (Å²) in [6.07, 6.45) is 2.84. The van der Waals surface area contributed by atoms with Crippen molar-refractivity contribution in [1.82, 2.24) is 19.8 Å². The first-order valence-electron chi connectivity index (χ1n) is 9.86. The minimum Gasteiger partial charge on any atom is -0.442 e. The van der Waals surface area contributed by atoms with Gasteiger partial charge in [-0.05, 0) is 43.5 Å². The number of nitrogens with zero attached hydrogens (tertiary/aromatic N) is 2. The Morgan fingerprint density at radius 2 is 2.17 bits per heavy atom. The maximum absolute atomic E-state index is 13.0. The highest BCUT2D eigenvalue weighted by molar-refractivity contribution is 7.89. The van der Waals surface area contributed by atoms with Crippen molar-refractivity contribution in [2.24, 2.45) is 5.92 Å². The molecule has 1 aliphatic heterocycles. The van der Waals surface area contributed by atoms with Crippen LogP contribution in [-0.2, 0) is 21.4 Å². The highest BCUT2D eigenvalue weighted by Crippen LogP contribution is 2.28. The Labute approximate surface area is 175 Å². The molecule has 0 radical (unpaired) electrons. The Balaban J connectivity index is 1.42. The van der Waals surface area contributed by atoms with Gasteiger partial charge in [0.15, 0.2) is 5.76 Å². The lowest BCUT2D eigenvalue weighted by molar-refractivity contribution is -0.126. The zero-order valence-electron chi connectivity index (χ0n) is 16.7. The fourth-order valence-corrected chi connectivity index (χ4v) is 5.09. The number of piperidine rings is 1. The van der Waals surface area contributed by atoms with Gasteiger partial charge in [0.2, 0.25) is 11.0 Å². The van der Waals surface area contributed by atoms with Crippen molar-refractivity contribution < 1.29 is 17.6 Å². The fraction of sp³-hybridized carbons (Fsp3) is 0.333. The number of amides is 1. The predicted molar refractivity (Wildman–Crippen MR) is 111 cm³/mol. The average molecular weight is 429 g/mol. The van der Waals surface area contributed by atoms with Crippen molar-refractivity contribution in [3.63, 3.8) is 0 Å². The largest absolute Gasteiger partial charge is 0.442 e. The number of hydrogen-bond donors (Lipinski definition) is 2. The van der Waals surface area contributed by atoms with Gasteiger partial charge in [-0.1, -0.05) is 29.8 Å². The zero-order valence-corrected chi connectivity index (χ0v) is 17.5. The molecule has 0 aliphatic carbocycles. The van der Waals surface area contributed by atoms with Crippen molar-refractivity contribution in [2.75, 3.05) is 13.1 Å². The summed E-state index contributed by atoms with van der Waals surface area (Å²) in [4.78, 5) is 12.7. The summed E-state index contributed by atoms with van der Waals surface area (Å²) < 4.78 is 33.0. The molecule has 1 aliphatic rings. The van der Waals surface area contributed by atoms with E-state index in [0.717, 1.165) is 11.1 Å². The normalized spacial score (nSPS) is 17.7. The Kier molecular flexibility index (Phi) is 5.74. The van der Waals surface area contributed by atoms with Crippen LogP contribution in [0.2, 0.25) is 0 Å². The van der Waals surface area contributed by atoms with Crippen LogP contribution in [-0.4, -0.2) is 41.9 Å². The fourth-order valence-electron chi connectivity index (χ4n) is 3.65. The van der Waals surface area contributed by atoms with Gasteiger partial charge in [0.05, 0.1) is 5.92 Å². The van der Waals surface area contributed by atoms with Crippen LogP contribution in [0.25, 0.3) is 11.5 Å². The number of carbonyl (C=O) groups excluding carboxylic acids is 1. The van der Waals surface area contributed by atoms with E-state index in [9.17, 15) is 13.2 Å². The number of carbonyl (C=O) groups is 1. The van der Waals surface area contributed by atoms with Gasteiger partial charge in [-0.2, -0.15) is 9.40 Å². The third-order valence-corrected chi connectivity index (χ3v) is 6.99. The van der Waals surface area contributed by atoms with Crippen molar-refractivity contribution in [1.29, 1.82) is 0 Å². The minimum atomic E-state index is -3.82. The molecule has 1 saturated heterocycles. The van der Waals surface area contributed by atoms with Gasteiger partial charge in [0, 0.05) is 25.8 Å². The molecule has 8 nitrogen and oxygen atoms in total. The summed E-state index contributed by atoms with van der Waals surface area (Å²) in [5.74, 6) is -0.120. The molecule has 0 unspecified atom stereocenters. The number of rotatable bonds is 6. The van der Waals surface area contributed by atoms with Gasteiger partial charge in [0.25, 0.3) is 10.0 Å². The molecule has 2 N–H and O–H groups in total. The van der Waals surface area contributed by atoms with Crippen molar-refractivity contribution in [2.45, 2.75) is 31.4 Å². The van der Waals surface area contributed by atoms with E-state index in [1.54, 1.807) is 18.3 Å². The Morgan fingerprint density at radius 1 is 1.30 bits per heavy atom. The molecule has 0 spiro atoms. The van der Waals surface area contributed by atoms with Gasteiger partial charge < -0.3 is 9.73 Å². The van der Waals surface area contributed by atoms with Crippen LogP contribution in [0.3, 0.4) is 0 Å². The minimum absolute atomic E-state index is 0.131. The highest BCUT2D eigenvalue weighted by atomic mass is 32.2. The molecule has 1 aromatic carbocycles. The number of sulfonamides is 1. The second-order valence-electron chi connectivity index (χ2n) is 7.50. The molecular weight excluding hydrogens is 404 g/mol. The molecule has 3 aromatic rings. The smallest absolute Gasteiger partial charge is 0.276 e. The van der Waals surface area contributed by atoms with Gasteiger partial charge in [-0.25, -0.2) is 8.42 Å². The van der Waals surface area contributed by atoms with Gasteiger partial charge in [0.1, 0.15) is 5.69 Å². The molecule has 4 rings (SSSR count). The maximum Gasteiger partial charge on any atom is 0.276 e. The first kappa shape index (κ1) is 20.4. The van der Waals surface area contributed by atoms with E-state index in [1.807, 2.05) is 31.2 Å². The van der Waals surface area contributed by atoms with Crippen LogP contribution in [0, 0.1) is 12.8 Å². The van der Waals surface area contributed by atoms with Crippen LogP contribution in [0.4, 0.5) is 0 Å². The summed E-state index contributed by atoms with van der Waals surface area (Å²) in [5.41, 5.74) is 2.75. The first-order chi connectivity index (χ1) is 14.4. The first-order valence-corrected chi connectivity index (χ1v) is 11.3. The van der Waals surface area contributed by atoms with Crippen LogP contribution < -0.4 is 5.32 Å². The SMILES string of the molecule is Cc1cccc(CNC(=O)[C@H]2CCCN(S(=O)(=O)c3ccc(-c4ccn[nH]4)o3)C2)c1. The number of H-pyrrole nitrogens is 1. The van der Waals surface area contributed by atoms with Gasteiger partial charge in [-0.3, -0.25) is 9.89 Å². The lowest BCUT2D eigenvalue weighted by atomic mass is 9.98. The van der Waals surface area contributed by atoms with E-state index in [0.29, 0.717) is 37.4 Å². The monoisotopic (exact) mass is 428 g/mol. The number of hydrogen-bond acceptors (Lipinski definition) is 5. The summed E-state index contributed by atoms with van der Waals surface area (Å²) in [6, 6.07) is 12.7. The summed E-state index contributed by atoms with van der Waals surface area (Å²) in [7, 11) is -3.82. The molecule has 1 fully saturated rings. The standard InChI is InChI=1S/C21H24N4O4S/c1-15-4-2-5-16(12-15)13-22-21(26)17-6-3-11-25(14-17)30(27,28)20-8-7-19(29-20)18-9-10-23-24-18/h2,4-5,7-10,12,17H,3,6,11,13-14H2,1H3,(H,22,26)(H,23,24)/t17-/m0/s1. The van der Waals surface area contributed by atoms with Crippen molar-refractivity contribution in [3.05, 3.63) is 59.8 Å². The molecule has 3 heterocycles. The molecular formula is C21H24N4O4S. The number of benzene rings is 1. The van der Waals surface area contributed by atoms with E-state index in [4.69, 9.17) is 4.42 Å². The molecule has 1 amide bonds. The number of aryl methyl sites for hydroxylation is 1. The number of furan rings is 1. The Morgan fingerprint density at radius 3 is 2.93 bits per heavy atom. The Bertz CT molecular complexity index is 1120. The highest BCUT2D eigenvalue weighted by Gasteiger charge is 2.35. The van der Waals surface area contributed by atoms with Crippen LogP contribution >= 0.6 is 0 Å². The Hall–Kier alpha value is -2.91. The lowest BCUT2D eigenvalue weighted by Gasteiger charge is -2.30. The van der Waals surface area contributed by atoms with Gasteiger partial charge in [-0.15, -0.1) is 0 Å². The van der Waals surface area contributed by atoms with Crippen LogP contribution in [0.1, 0.15) is 24.0 Å². The summed E-state index contributed by atoms with van der Waals surface area (Å²) >= 11 is 0. The van der Waals surface area contributed by atoms with E-state index >= 15 is 0 Å². The molecule has 30 heavy (non-hydrogen) atoms. The van der Waals surface area contributed by atoms with E-state index in [1.165, 1.54) is 10.4 Å². The molecule has 9 heteroatoms. The van der Waals surface area contributed by atoms with E-state index < -0.39 is 10.0 Å². The molecule has 1 atom stereocenters. The molecule has 0 saturated carbocycles. The zero-order chi connectivity index (χ0) is 21.1. The van der Waals surface area contributed by atoms with E-state index in [2.05, 4.69) is 15.5 Å².